The first-order valence-corrected chi connectivity index (χ1v) is 8.57. The predicted molar refractivity (Wildman–Crippen MR) is 88.5 cm³/mol. The fraction of sp³-hybridized carbons (Fsp3) is 0.611. The molecule has 2 saturated heterocycles. The first-order valence-electron chi connectivity index (χ1n) is 8.57. The van der Waals surface area contributed by atoms with Gasteiger partial charge in [-0.05, 0) is 31.9 Å². The van der Waals surface area contributed by atoms with Crippen molar-refractivity contribution in [2.24, 2.45) is 0 Å². The molecule has 1 N–H and O–H groups in total. The molecule has 0 radical (unpaired) electrons. The van der Waals surface area contributed by atoms with E-state index in [2.05, 4.69) is 5.32 Å². The van der Waals surface area contributed by atoms with Gasteiger partial charge in [0, 0.05) is 31.3 Å². The number of carbonyl (C=O) groups excluding carboxylic acids is 1. The quantitative estimate of drug-likeness (QED) is 0.897. The molecule has 2 fully saturated rings. The van der Waals surface area contributed by atoms with Gasteiger partial charge < -0.3 is 19.7 Å². The van der Waals surface area contributed by atoms with Gasteiger partial charge in [0.1, 0.15) is 0 Å². The zero-order chi connectivity index (χ0) is 16.1. The lowest BCUT2D eigenvalue weighted by molar-refractivity contribution is 0.0375. The Labute approximate surface area is 137 Å². The van der Waals surface area contributed by atoms with Crippen LogP contribution in [-0.4, -0.2) is 61.9 Å². The Bertz CT molecular complexity index is 500. The third-order valence-electron chi connectivity index (χ3n) is 4.66. The van der Waals surface area contributed by atoms with Gasteiger partial charge in [0.05, 0.1) is 25.4 Å². The lowest BCUT2D eigenvalue weighted by Crippen LogP contribution is -2.51. The average molecular weight is 318 g/mol. The molecule has 0 aromatic heterocycles. The lowest BCUT2D eigenvalue weighted by Gasteiger charge is -2.34. The summed E-state index contributed by atoms with van der Waals surface area (Å²) in [6.45, 7) is 5.74. The Morgan fingerprint density at radius 2 is 2.00 bits per heavy atom. The van der Waals surface area contributed by atoms with E-state index in [-0.39, 0.29) is 18.1 Å². The van der Waals surface area contributed by atoms with Crippen LogP contribution >= 0.6 is 0 Å². The standard InChI is InChI=1S/C18H26N2O3/c1-2-23-17-13-22-12-16(17)19-15-8-10-20(11-9-15)18(21)14-6-4-3-5-7-14/h3-7,15-17,19H,2,8-13H2,1H3/t16-,17-/m1/s1. The molecule has 0 saturated carbocycles. The van der Waals surface area contributed by atoms with E-state index < -0.39 is 0 Å². The highest BCUT2D eigenvalue weighted by Gasteiger charge is 2.32. The molecule has 1 aromatic carbocycles. The molecule has 0 aliphatic carbocycles. The molecule has 2 atom stereocenters. The van der Waals surface area contributed by atoms with E-state index in [4.69, 9.17) is 9.47 Å². The van der Waals surface area contributed by atoms with Gasteiger partial charge >= 0.3 is 0 Å². The van der Waals surface area contributed by atoms with Crippen molar-refractivity contribution in [3.05, 3.63) is 35.9 Å². The van der Waals surface area contributed by atoms with Crippen LogP contribution in [0.15, 0.2) is 30.3 Å². The minimum atomic E-state index is 0.139. The minimum Gasteiger partial charge on any atom is -0.377 e. The molecule has 0 spiro atoms. The summed E-state index contributed by atoms with van der Waals surface area (Å²) in [4.78, 5) is 14.4. The summed E-state index contributed by atoms with van der Waals surface area (Å²) in [5.74, 6) is 0.139. The number of likely N-dealkylation sites (tertiary alicyclic amines) is 1. The number of nitrogens with zero attached hydrogens (tertiary/aromatic N) is 1. The minimum absolute atomic E-state index is 0.139. The number of nitrogens with one attached hydrogen (secondary N) is 1. The van der Waals surface area contributed by atoms with Crippen LogP contribution in [0, 0.1) is 0 Å². The molecule has 0 bridgehead atoms. The number of benzene rings is 1. The molecule has 3 rings (SSSR count). The SMILES string of the molecule is CCO[C@@H]1COC[C@H]1NC1CCN(C(=O)c2ccccc2)CC1. The van der Waals surface area contributed by atoms with Crippen LogP contribution in [0.2, 0.25) is 0 Å². The molecular weight excluding hydrogens is 292 g/mol. The zero-order valence-corrected chi connectivity index (χ0v) is 13.7. The first kappa shape index (κ1) is 16.4. The molecule has 23 heavy (non-hydrogen) atoms. The van der Waals surface area contributed by atoms with E-state index in [0.717, 1.165) is 38.1 Å². The second-order valence-corrected chi connectivity index (χ2v) is 6.24. The predicted octanol–water partition coefficient (Wildman–Crippen LogP) is 1.68. The van der Waals surface area contributed by atoms with E-state index in [0.29, 0.717) is 19.3 Å². The number of hydrogen-bond donors (Lipinski definition) is 1. The maximum Gasteiger partial charge on any atom is 0.253 e. The van der Waals surface area contributed by atoms with Crippen molar-refractivity contribution in [3.8, 4) is 0 Å². The highest BCUT2D eigenvalue weighted by molar-refractivity contribution is 5.94. The topological polar surface area (TPSA) is 50.8 Å². The smallest absolute Gasteiger partial charge is 0.253 e. The molecule has 5 nitrogen and oxygen atoms in total. The second kappa shape index (κ2) is 7.90. The number of rotatable bonds is 5. The molecule has 5 heteroatoms. The van der Waals surface area contributed by atoms with Gasteiger partial charge in [0.2, 0.25) is 0 Å². The molecule has 2 heterocycles. The monoisotopic (exact) mass is 318 g/mol. The van der Waals surface area contributed by atoms with Crippen LogP contribution in [0.4, 0.5) is 0 Å². The second-order valence-electron chi connectivity index (χ2n) is 6.24. The van der Waals surface area contributed by atoms with Crippen LogP contribution in [0.3, 0.4) is 0 Å². The fourth-order valence-corrected chi connectivity index (χ4v) is 3.38. The fourth-order valence-electron chi connectivity index (χ4n) is 3.38. The Morgan fingerprint density at radius 3 is 2.70 bits per heavy atom. The van der Waals surface area contributed by atoms with Gasteiger partial charge in [0.25, 0.3) is 5.91 Å². The van der Waals surface area contributed by atoms with E-state index in [1.54, 1.807) is 0 Å². The molecular formula is C18H26N2O3. The van der Waals surface area contributed by atoms with Gasteiger partial charge in [-0.2, -0.15) is 0 Å². The molecule has 126 valence electrons. The molecule has 2 aliphatic heterocycles. The van der Waals surface area contributed by atoms with Gasteiger partial charge in [0.15, 0.2) is 0 Å². The summed E-state index contributed by atoms with van der Waals surface area (Å²) in [5, 5.41) is 3.66. The largest absolute Gasteiger partial charge is 0.377 e. The summed E-state index contributed by atoms with van der Waals surface area (Å²) < 4.78 is 11.3. The normalized spacial score (nSPS) is 25.7. The Balaban J connectivity index is 1.48. The van der Waals surface area contributed by atoms with Crippen LogP contribution < -0.4 is 5.32 Å². The Kier molecular flexibility index (Phi) is 5.65. The number of amides is 1. The van der Waals surface area contributed by atoms with Crippen LogP contribution in [0.5, 0.6) is 0 Å². The third-order valence-corrected chi connectivity index (χ3v) is 4.66. The lowest BCUT2D eigenvalue weighted by atomic mass is 10.0. The number of piperidine rings is 1. The molecule has 1 amide bonds. The van der Waals surface area contributed by atoms with Crippen LogP contribution in [0.25, 0.3) is 0 Å². The van der Waals surface area contributed by atoms with Crippen molar-refractivity contribution in [2.75, 3.05) is 32.9 Å². The third kappa shape index (κ3) is 4.10. The van der Waals surface area contributed by atoms with Crippen molar-refractivity contribution >= 4 is 5.91 Å². The highest BCUT2D eigenvalue weighted by atomic mass is 16.5. The Hall–Kier alpha value is -1.43. The van der Waals surface area contributed by atoms with Gasteiger partial charge in [-0.25, -0.2) is 0 Å². The summed E-state index contributed by atoms with van der Waals surface area (Å²) in [6, 6.07) is 10.2. The summed E-state index contributed by atoms with van der Waals surface area (Å²) in [7, 11) is 0. The van der Waals surface area contributed by atoms with E-state index in [9.17, 15) is 4.79 Å². The average Bonchev–Trinajstić information content (AvgIpc) is 3.03. The maximum absolute atomic E-state index is 12.5. The maximum atomic E-state index is 12.5. The van der Waals surface area contributed by atoms with Gasteiger partial charge in [-0.15, -0.1) is 0 Å². The number of carbonyl (C=O) groups is 1. The van der Waals surface area contributed by atoms with E-state index in [1.165, 1.54) is 0 Å². The summed E-state index contributed by atoms with van der Waals surface area (Å²) in [6.07, 6.45) is 2.12. The number of ether oxygens (including phenoxy) is 2. The summed E-state index contributed by atoms with van der Waals surface area (Å²) >= 11 is 0. The van der Waals surface area contributed by atoms with Gasteiger partial charge in [-0.3, -0.25) is 4.79 Å². The molecule has 2 aliphatic rings. The van der Waals surface area contributed by atoms with Crippen LogP contribution in [0.1, 0.15) is 30.1 Å². The van der Waals surface area contributed by atoms with Gasteiger partial charge in [-0.1, -0.05) is 18.2 Å². The van der Waals surface area contributed by atoms with Crippen molar-refractivity contribution in [1.29, 1.82) is 0 Å². The highest BCUT2D eigenvalue weighted by Crippen LogP contribution is 2.17. The van der Waals surface area contributed by atoms with E-state index in [1.807, 2.05) is 42.2 Å². The van der Waals surface area contributed by atoms with E-state index >= 15 is 0 Å². The van der Waals surface area contributed by atoms with Crippen molar-refractivity contribution < 1.29 is 14.3 Å². The first-order chi connectivity index (χ1) is 11.3. The number of hydrogen-bond acceptors (Lipinski definition) is 4. The van der Waals surface area contributed by atoms with Crippen LogP contribution in [-0.2, 0) is 9.47 Å². The Morgan fingerprint density at radius 1 is 1.26 bits per heavy atom. The van der Waals surface area contributed by atoms with Crippen molar-refractivity contribution in [3.63, 3.8) is 0 Å². The van der Waals surface area contributed by atoms with Crippen molar-refractivity contribution in [1.82, 2.24) is 10.2 Å². The molecule has 0 unspecified atom stereocenters. The van der Waals surface area contributed by atoms with Crippen molar-refractivity contribution in [2.45, 2.75) is 38.0 Å². The zero-order valence-electron chi connectivity index (χ0n) is 13.7. The summed E-state index contributed by atoms with van der Waals surface area (Å²) in [5.41, 5.74) is 0.777. The molecule has 1 aromatic rings.